The molecule has 1 aromatic rings. The largest absolute Gasteiger partial charge is 0.444 e. The number of aliphatic hydroxyl groups is 1. The SMILES string of the molecule is CC(C)(C)OC(=O)N1[C@H]2CC[C@@H]1[C@@](O)(c1ccc(Cl)nc1)C2. The molecular weight excluding hydrogens is 304 g/mol. The van der Waals surface area contributed by atoms with Crippen LogP contribution in [0.1, 0.15) is 45.6 Å². The van der Waals surface area contributed by atoms with Crippen LogP contribution in [0, 0.1) is 0 Å². The summed E-state index contributed by atoms with van der Waals surface area (Å²) in [5.74, 6) is 0. The van der Waals surface area contributed by atoms with Gasteiger partial charge in [0.25, 0.3) is 0 Å². The van der Waals surface area contributed by atoms with Crippen LogP contribution < -0.4 is 0 Å². The Hall–Kier alpha value is -1.33. The number of carbonyl (C=O) groups excluding carboxylic acids is 1. The average molecular weight is 325 g/mol. The molecule has 0 aliphatic carbocycles. The summed E-state index contributed by atoms with van der Waals surface area (Å²) in [5, 5.41) is 11.5. The van der Waals surface area contributed by atoms with E-state index in [1.165, 1.54) is 0 Å². The lowest BCUT2D eigenvalue weighted by molar-refractivity contribution is -0.0157. The molecule has 3 rings (SSSR count). The van der Waals surface area contributed by atoms with E-state index in [2.05, 4.69) is 4.98 Å². The Morgan fingerprint density at radius 1 is 1.45 bits per heavy atom. The molecule has 2 aliphatic heterocycles. The maximum atomic E-state index is 12.5. The quantitative estimate of drug-likeness (QED) is 0.806. The zero-order valence-corrected chi connectivity index (χ0v) is 13.8. The fourth-order valence-corrected chi connectivity index (χ4v) is 3.69. The minimum Gasteiger partial charge on any atom is -0.444 e. The normalized spacial score (nSPS) is 30.7. The second-order valence-electron chi connectivity index (χ2n) is 7.13. The number of ether oxygens (including phenoxy) is 1. The number of pyridine rings is 1. The molecule has 3 heterocycles. The molecule has 1 amide bonds. The monoisotopic (exact) mass is 324 g/mol. The Morgan fingerprint density at radius 3 is 2.77 bits per heavy atom. The number of hydrogen-bond donors (Lipinski definition) is 1. The molecule has 1 aromatic heterocycles. The highest BCUT2D eigenvalue weighted by Crippen LogP contribution is 2.50. The maximum absolute atomic E-state index is 12.5. The molecule has 22 heavy (non-hydrogen) atoms. The molecule has 0 radical (unpaired) electrons. The van der Waals surface area contributed by atoms with Crippen molar-refractivity contribution in [3.05, 3.63) is 29.0 Å². The second kappa shape index (κ2) is 5.10. The van der Waals surface area contributed by atoms with Crippen LogP contribution in [0.2, 0.25) is 5.15 Å². The predicted octanol–water partition coefficient (Wildman–Crippen LogP) is 3.09. The summed E-state index contributed by atoms with van der Waals surface area (Å²) < 4.78 is 5.49. The van der Waals surface area contributed by atoms with E-state index in [-0.39, 0.29) is 18.2 Å². The molecule has 3 atom stereocenters. The van der Waals surface area contributed by atoms with Crippen molar-refractivity contribution in [1.82, 2.24) is 9.88 Å². The van der Waals surface area contributed by atoms with Gasteiger partial charge >= 0.3 is 6.09 Å². The number of nitrogens with zero attached hydrogens (tertiary/aromatic N) is 2. The van der Waals surface area contributed by atoms with E-state index in [9.17, 15) is 9.90 Å². The van der Waals surface area contributed by atoms with Gasteiger partial charge in [-0.3, -0.25) is 4.90 Å². The predicted molar refractivity (Wildman–Crippen MR) is 82.6 cm³/mol. The summed E-state index contributed by atoms with van der Waals surface area (Å²) >= 11 is 5.82. The molecule has 0 unspecified atom stereocenters. The minimum atomic E-state index is -1.07. The standard InChI is InChI=1S/C16H21ClN2O3/c1-15(2,3)22-14(20)19-11-5-6-12(19)16(21,8-11)10-4-7-13(17)18-9-10/h4,7,9,11-12,21H,5-6,8H2,1-3H3/t11-,12+,16-/m0/s1. The smallest absolute Gasteiger partial charge is 0.410 e. The van der Waals surface area contributed by atoms with Gasteiger partial charge in [-0.15, -0.1) is 0 Å². The van der Waals surface area contributed by atoms with Gasteiger partial charge in [0.05, 0.1) is 6.04 Å². The van der Waals surface area contributed by atoms with Crippen LogP contribution in [0.5, 0.6) is 0 Å². The molecule has 2 aliphatic rings. The highest BCUT2D eigenvalue weighted by Gasteiger charge is 2.58. The van der Waals surface area contributed by atoms with Crippen LogP contribution in [0.3, 0.4) is 0 Å². The molecule has 1 N–H and O–H groups in total. The van der Waals surface area contributed by atoms with Crippen molar-refractivity contribution in [3.8, 4) is 0 Å². The zero-order valence-electron chi connectivity index (χ0n) is 13.0. The van der Waals surface area contributed by atoms with Crippen molar-refractivity contribution >= 4 is 17.7 Å². The molecule has 2 saturated heterocycles. The summed E-state index contributed by atoms with van der Waals surface area (Å²) in [7, 11) is 0. The average Bonchev–Trinajstić information content (AvgIpc) is 2.92. The van der Waals surface area contributed by atoms with Crippen molar-refractivity contribution in [2.75, 3.05) is 0 Å². The molecular formula is C16H21ClN2O3. The third-order valence-corrected chi connectivity index (χ3v) is 4.66. The van der Waals surface area contributed by atoms with Crippen LogP contribution >= 0.6 is 11.6 Å². The third-order valence-electron chi connectivity index (χ3n) is 4.43. The molecule has 2 bridgehead atoms. The van der Waals surface area contributed by atoms with Crippen molar-refractivity contribution in [2.24, 2.45) is 0 Å². The lowest BCUT2D eigenvalue weighted by Crippen LogP contribution is -2.45. The number of rotatable bonds is 1. The van der Waals surface area contributed by atoms with Crippen LogP contribution in [0.4, 0.5) is 4.79 Å². The van der Waals surface area contributed by atoms with Gasteiger partial charge < -0.3 is 9.84 Å². The van der Waals surface area contributed by atoms with Crippen molar-refractivity contribution < 1.29 is 14.6 Å². The van der Waals surface area contributed by atoms with Gasteiger partial charge in [0.2, 0.25) is 0 Å². The van der Waals surface area contributed by atoms with E-state index in [0.29, 0.717) is 17.1 Å². The van der Waals surface area contributed by atoms with Crippen molar-refractivity contribution in [3.63, 3.8) is 0 Å². The Labute approximate surface area is 135 Å². The molecule has 0 spiro atoms. The fraction of sp³-hybridized carbons (Fsp3) is 0.625. The van der Waals surface area contributed by atoms with Crippen molar-refractivity contribution in [2.45, 2.75) is 63.3 Å². The first-order valence-electron chi connectivity index (χ1n) is 7.56. The zero-order chi connectivity index (χ0) is 16.1. The molecule has 0 aromatic carbocycles. The molecule has 2 fully saturated rings. The van der Waals surface area contributed by atoms with Gasteiger partial charge in [-0.2, -0.15) is 0 Å². The van der Waals surface area contributed by atoms with Gasteiger partial charge in [-0.05, 0) is 39.7 Å². The summed E-state index contributed by atoms with van der Waals surface area (Å²) in [4.78, 5) is 18.2. The lowest BCUT2D eigenvalue weighted by Gasteiger charge is -2.33. The van der Waals surface area contributed by atoms with E-state index in [1.54, 1.807) is 23.2 Å². The van der Waals surface area contributed by atoms with E-state index >= 15 is 0 Å². The van der Waals surface area contributed by atoms with E-state index in [4.69, 9.17) is 16.3 Å². The third kappa shape index (κ3) is 2.57. The Bertz CT molecular complexity index is 584. The Kier molecular flexibility index (Phi) is 3.61. The highest BCUT2D eigenvalue weighted by molar-refractivity contribution is 6.29. The number of fused-ring (bicyclic) bond motifs is 2. The van der Waals surface area contributed by atoms with Gasteiger partial charge in [0, 0.05) is 24.2 Å². The summed E-state index contributed by atoms with van der Waals surface area (Å²) in [5.41, 5.74) is -0.908. The molecule has 6 heteroatoms. The Balaban J connectivity index is 1.86. The Morgan fingerprint density at radius 2 is 2.18 bits per heavy atom. The van der Waals surface area contributed by atoms with E-state index in [0.717, 1.165) is 12.8 Å². The fourth-order valence-electron chi connectivity index (χ4n) is 3.58. The highest BCUT2D eigenvalue weighted by atomic mass is 35.5. The summed E-state index contributed by atoms with van der Waals surface area (Å²) in [6.45, 7) is 5.54. The second-order valence-corrected chi connectivity index (χ2v) is 7.52. The van der Waals surface area contributed by atoms with Crippen LogP contribution in [0.25, 0.3) is 0 Å². The van der Waals surface area contributed by atoms with Crippen LogP contribution in [0.15, 0.2) is 18.3 Å². The van der Waals surface area contributed by atoms with E-state index in [1.807, 2.05) is 20.8 Å². The molecule has 0 saturated carbocycles. The number of halogens is 1. The summed E-state index contributed by atoms with van der Waals surface area (Å²) in [6, 6.07) is 3.19. The molecule has 120 valence electrons. The topological polar surface area (TPSA) is 62.7 Å². The number of carbonyl (C=O) groups is 1. The van der Waals surface area contributed by atoms with E-state index < -0.39 is 11.2 Å². The molecule has 5 nitrogen and oxygen atoms in total. The maximum Gasteiger partial charge on any atom is 0.410 e. The summed E-state index contributed by atoms with van der Waals surface area (Å²) in [6.07, 6.45) is 3.42. The number of hydrogen-bond acceptors (Lipinski definition) is 4. The minimum absolute atomic E-state index is 0.0144. The van der Waals surface area contributed by atoms with Gasteiger partial charge in [-0.25, -0.2) is 9.78 Å². The first-order valence-corrected chi connectivity index (χ1v) is 7.94. The van der Waals surface area contributed by atoms with Gasteiger partial charge in [-0.1, -0.05) is 17.7 Å². The number of amides is 1. The van der Waals surface area contributed by atoms with Crippen LogP contribution in [-0.4, -0.2) is 38.8 Å². The first kappa shape index (κ1) is 15.6. The van der Waals surface area contributed by atoms with Crippen LogP contribution in [-0.2, 0) is 10.3 Å². The number of aromatic nitrogens is 1. The first-order chi connectivity index (χ1) is 10.2. The van der Waals surface area contributed by atoms with Crippen molar-refractivity contribution in [1.29, 1.82) is 0 Å². The van der Waals surface area contributed by atoms with Gasteiger partial charge in [0.15, 0.2) is 0 Å². The lowest BCUT2D eigenvalue weighted by atomic mass is 9.80. The van der Waals surface area contributed by atoms with Gasteiger partial charge in [0.1, 0.15) is 16.4 Å².